The Balaban J connectivity index is 2.40. The molecular weight excluding hydrogens is 282 g/mol. The zero-order chi connectivity index (χ0) is 16.3. The van der Waals surface area contributed by atoms with Gasteiger partial charge in [0.1, 0.15) is 11.3 Å². The Morgan fingerprint density at radius 3 is 2.55 bits per heavy atom. The van der Waals surface area contributed by atoms with Gasteiger partial charge in [0.05, 0.1) is 0 Å². The Kier molecular flexibility index (Phi) is 4.54. The van der Waals surface area contributed by atoms with Crippen molar-refractivity contribution in [1.82, 2.24) is 4.90 Å². The average molecular weight is 303 g/mol. The molecule has 0 fully saturated rings. The Bertz CT molecular complexity index is 613. The highest BCUT2D eigenvalue weighted by Crippen LogP contribution is 2.23. The number of nitrogens with zero attached hydrogens (tertiary/aromatic N) is 1. The molecule has 1 aromatic carbocycles. The van der Waals surface area contributed by atoms with Crippen molar-refractivity contribution in [3.63, 3.8) is 0 Å². The van der Waals surface area contributed by atoms with Crippen molar-refractivity contribution in [2.45, 2.75) is 39.2 Å². The number of aliphatic carboxylic acids is 1. The molecular formula is C17H21NO4. The smallest absolute Gasteiger partial charge is 0.415 e. The number of rotatable bonds is 1. The van der Waals surface area contributed by atoms with Crippen LogP contribution < -0.4 is 0 Å². The van der Waals surface area contributed by atoms with Gasteiger partial charge in [0.2, 0.25) is 0 Å². The van der Waals surface area contributed by atoms with Gasteiger partial charge in [0.25, 0.3) is 0 Å². The summed E-state index contributed by atoms with van der Waals surface area (Å²) in [6.45, 7) is 5.60. The Morgan fingerprint density at radius 1 is 1.23 bits per heavy atom. The van der Waals surface area contributed by atoms with E-state index in [4.69, 9.17) is 4.74 Å². The third kappa shape index (κ3) is 3.87. The zero-order valence-corrected chi connectivity index (χ0v) is 13.1. The van der Waals surface area contributed by atoms with E-state index in [1.807, 2.05) is 24.3 Å². The molecule has 0 saturated heterocycles. The molecule has 5 nitrogen and oxygen atoms in total. The standard InChI is InChI=1S/C17H21NO4/c1-17(2,3)22-16(21)18-10-6-9-12-7-4-5-8-13(12)11-14(18)15(19)20/h4-5,7-8,11H,6,9-10H2,1-3H3,(H,19,20)/b14-11-. The summed E-state index contributed by atoms with van der Waals surface area (Å²) in [7, 11) is 0. The molecule has 0 radical (unpaired) electrons. The molecule has 0 saturated carbocycles. The summed E-state index contributed by atoms with van der Waals surface area (Å²) in [5.74, 6) is -1.14. The van der Waals surface area contributed by atoms with Crippen LogP contribution >= 0.6 is 0 Å². The lowest BCUT2D eigenvalue weighted by atomic mass is 10.00. The summed E-state index contributed by atoms with van der Waals surface area (Å²) in [4.78, 5) is 25.1. The van der Waals surface area contributed by atoms with Gasteiger partial charge in [0, 0.05) is 6.54 Å². The van der Waals surface area contributed by atoms with E-state index in [1.54, 1.807) is 26.8 Å². The average Bonchev–Trinajstić information content (AvgIpc) is 2.36. The molecule has 22 heavy (non-hydrogen) atoms. The first-order valence-corrected chi connectivity index (χ1v) is 7.31. The molecule has 0 bridgehead atoms. The number of carboxylic acids is 1. The molecule has 2 rings (SSSR count). The minimum absolute atomic E-state index is 0.0543. The summed E-state index contributed by atoms with van der Waals surface area (Å²) in [6, 6.07) is 7.62. The van der Waals surface area contributed by atoms with Gasteiger partial charge >= 0.3 is 12.1 Å². The summed E-state index contributed by atoms with van der Waals surface area (Å²) in [5, 5.41) is 9.48. The Labute approximate surface area is 130 Å². The number of hydrogen-bond donors (Lipinski definition) is 1. The number of aryl methyl sites for hydroxylation is 1. The minimum Gasteiger partial charge on any atom is -0.477 e. The quantitative estimate of drug-likeness (QED) is 0.864. The molecule has 1 N–H and O–H groups in total. The van der Waals surface area contributed by atoms with Gasteiger partial charge in [-0.25, -0.2) is 9.59 Å². The summed E-state index contributed by atoms with van der Waals surface area (Å²) < 4.78 is 5.32. The molecule has 5 heteroatoms. The van der Waals surface area contributed by atoms with Crippen molar-refractivity contribution in [2.75, 3.05) is 6.54 Å². The molecule has 1 aliphatic heterocycles. The first-order valence-electron chi connectivity index (χ1n) is 7.31. The number of amides is 1. The second-order valence-electron chi connectivity index (χ2n) is 6.27. The highest BCUT2D eigenvalue weighted by molar-refractivity contribution is 5.95. The molecule has 0 atom stereocenters. The van der Waals surface area contributed by atoms with Crippen molar-refractivity contribution in [3.8, 4) is 0 Å². The van der Waals surface area contributed by atoms with Crippen LogP contribution in [-0.4, -0.2) is 34.2 Å². The highest BCUT2D eigenvalue weighted by Gasteiger charge is 2.29. The van der Waals surface area contributed by atoms with Crippen molar-refractivity contribution in [2.24, 2.45) is 0 Å². The summed E-state index contributed by atoms with van der Waals surface area (Å²) in [5.41, 5.74) is 1.20. The Hall–Kier alpha value is -2.30. The number of benzene rings is 1. The van der Waals surface area contributed by atoms with Crippen LogP contribution in [0.4, 0.5) is 4.79 Å². The zero-order valence-electron chi connectivity index (χ0n) is 13.1. The van der Waals surface area contributed by atoms with Crippen LogP contribution in [0.15, 0.2) is 30.0 Å². The lowest BCUT2D eigenvalue weighted by Crippen LogP contribution is -2.39. The van der Waals surface area contributed by atoms with Crippen LogP contribution in [0.5, 0.6) is 0 Å². The largest absolute Gasteiger partial charge is 0.477 e. The van der Waals surface area contributed by atoms with E-state index in [0.29, 0.717) is 13.0 Å². The lowest BCUT2D eigenvalue weighted by Gasteiger charge is -2.28. The summed E-state index contributed by atoms with van der Waals surface area (Å²) >= 11 is 0. The molecule has 1 amide bonds. The van der Waals surface area contributed by atoms with Crippen molar-refractivity contribution >= 4 is 18.1 Å². The van der Waals surface area contributed by atoms with Gasteiger partial charge in [-0.1, -0.05) is 24.3 Å². The minimum atomic E-state index is -1.14. The fourth-order valence-electron chi connectivity index (χ4n) is 2.36. The van der Waals surface area contributed by atoms with Crippen LogP contribution in [0.1, 0.15) is 38.3 Å². The first kappa shape index (κ1) is 16.1. The predicted octanol–water partition coefficient (Wildman–Crippen LogP) is 3.30. The van der Waals surface area contributed by atoms with Gasteiger partial charge in [-0.3, -0.25) is 4.90 Å². The van der Waals surface area contributed by atoms with E-state index in [1.165, 1.54) is 4.90 Å². The monoisotopic (exact) mass is 303 g/mol. The van der Waals surface area contributed by atoms with Gasteiger partial charge in [-0.2, -0.15) is 0 Å². The molecule has 1 aliphatic rings. The molecule has 1 aromatic rings. The molecule has 0 aromatic heterocycles. The second-order valence-corrected chi connectivity index (χ2v) is 6.27. The Morgan fingerprint density at radius 2 is 1.91 bits per heavy atom. The topological polar surface area (TPSA) is 66.8 Å². The van der Waals surface area contributed by atoms with Crippen molar-refractivity contribution in [3.05, 3.63) is 41.1 Å². The maximum atomic E-state index is 12.3. The number of carbonyl (C=O) groups is 2. The van der Waals surface area contributed by atoms with Crippen LogP contribution in [-0.2, 0) is 16.0 Å². The molecule has 0 spiro atoms. The SMILES string of the molecule is CC(C)(C)OC(=O)N1CCCc2ccccc2/C=C\1C(=O)O. The van der Waals surface area contributed by atoms with Crippen molar-refractivity contribution < 1.29 is 19.4 Å². The van der Waals surface area contributed by atoms with E-state index in [2.05, 4.69) is 0 Å². The second kappa shape index (κ2) is 6.22. The maximum absolute atomic E-state index is 12.3. The number of carbonyl (C=O) groups excluding carboxylic acids is 1. The number of ether oxygens (including phenoxy) is 1. The fraction of sp³-hybridized carbons (Fsp3) is 0.412. The maximum Gasteiger partial charge on any atom is 0.415 e. The molecule has 0 aliphatic carbocycles. The van der Waals surface area contributed by atoms with Crippen LogP contribution in [0.25, 0.3) is 6.08 Å². The van der Waals surface area contributed by atoms with Gasteiger partial charge in [0.15, 0.2) is 0 Å². The first-order chi connectivity index (χ1) is 10.3. The molecule has 118 valence electrons. The molecule has 1 heterocycles. The van der Waals surface area contributed by atoms with E-state index < -0.39 is 17.7 Å². The third-order valence-electron chi connectivity index (χ3n) is 3.30. The van der Waals surface area contributed by atoms with E-state index in [-0.39, 0.29) is 5.70 Å². The molecule has 0 unspecified atom stereocenters. The normalized spacial score (nSPS) is 17.6. The summed E-state index contributed by atoms with van der Waals surface area (Å²) in [6.07, 6.45) is 2.39. The third-order valence-corrected chi connectivity index (χ3v) is 3.30. The number of hydrogen-bond acceptors (Lipinski definition) is 3. The number of carboxylic acid groups (broad SMARTS) is 1. The van der Waals surface area contributed by atoms with Crippen LogP contribution in [0, 0.1) is 0 Å². The number of fused-ring (bicyclic) bond motifs is 1. The van der Waals surface area contributed by atoms with Gasteiger partial charge < -0.3 is 9.84 Å². The van der Waals surface area contributed by atoms with E-state index in [9.17, 15) is 14.7 Å². The van der Waals surface area contributed by atoms with Gasteiger partial charge in [-0.15, -0.1) is 0 Å². The van der Waals surface area contributed by atoms with Crippen molar-refractivity contribution in [1.29, 1.82) is 0 Å². The predicted molar refractivity (Wildman–Crippen MR) is 83.3 cm³/mol. The van der Waals surface area contributed by atoms with Gasteiger partial charge in [-0.05, 0) is 50.8 Å². The van der Waals surface area contributed by atoms with Crippen LogP contribution in [0.3, 0.4) is 0 Å². The lowest BCUT2D eigenvalue weighted by molar-refractivity contribution is -0.134. The highest BCUT2D eigenvalue weighted by atomic mass is 16.6. The van der Waals surface area contributed by atoms with Crippen LogP contribution in [0.2, 0.25) is 0 Å². The van der Waals surface area contributed by atoms with E-state index in [0.717, 1.165) is 17.5 Å². The fourth-order valence-corrected chi connectivity index (χ4v) is 2.36. The van der Waals surface area contributed by atoms with E-state index >= 15 is 0 Å².